The van der Waals surface area contributed by atoms with Crippen LogP contribution in [0.15, 0.2) is 48.5 Å². The zero-order chi connectivity index (χ0) is 19.6. The molecule has 138 valence electrons. The van der Waals surface area contributed by atoms with Gasteiger partial charge in [0.05, 0.1) is 18.2 Å². The summed E-state index contributed by atoms with van der Waals surface area (Å²) >= 11 is 0. The molecule has 0 aliphatic rings. The Labute approximate surface area is 155 Å². The summed E-state index contributed by atoms with van der Waals surface area (Å²) in [7, 11) is 1.39. The zero-order valence-corrected chi connectivity index (χ0v) is 15.3. The summed E-state index contributed by atoms with van der Waals surface area (Å²) in [6, 6.07) is 14.6. The molecule has 0 saturated heterocycles. The molecule has 2 aromatic carbocycles. The number of rotatable bonds is 2. The van der Waals surface area contributed by atoms with Gasteiger partial charge >= 0.3 is 11.9 Å². The lowest BCUT2D eigenvalue weighted by Gasteiger charge is -1.99. The monoisotopic (exact) mass is 364 g/mol. The molecule has 0 aliphatic heterocycles. The molecular weight excluding hydrogens is 344 g/mol. The van der Waals surface area contributed by atoms with Crippen molar-refractivity contribution in [3.63, 3.8) is 0 Å². The number of methoxy groups -OCH3 is 1. The highest BCUT2D eigenvalue weighted by Gasteiger charge is 2.11. The van der Waals surface area contributed by atoms with Crippen molar-refractivity contribution in [3.05, 3.63) is 71.0 Å². The number of hydrogen-bond acceptors (Lipinski definition) is 3. The predicted octanol–water partition coefficient (Wildman–Crippen LogP) is 4.44. The van der Waals surface area contributed by atoms with E-state index in [0.29, 0.717) is 11.1 Å². The molecule has 4 rings (SSSR count). The van der Waals surface area contributed by atoms with Crippen molar-refractivity contribution in [3.8, 4) is 0 Å². The summed E-state index contributed by atoms with van der Waals surface area (Å²) in [5.41, 5.74) is 4.80. The first kappa shape index (κ1) is 18.3. The number of benzene rings is 2. The minimum Gasteiger partial charge on any atom is -0.478 e. The van der Waals surface area contributed by atoms with E-state index in [0.717, 1.165) is 33.2 Å². The summed E-state index contributed by atoms with van der Waals surface area (Å²) in [5.74, 6) is -1.18. The van der Waals surface area contributed by atoms with Crippen LogP contribution < -0.4 is 0 Å². The van der Waals surface area contributed by atoms with Crippen molar-refractivity contribution in [2.24, 2.45) is 0 Å². The van der Waals surface area contributed by atoms with Gasteiger partial charge in [0.1, 0.15) is 0 Å². The Bertz CT molecular complexity index is 1140. The number of esters is 1. The lowest BCUT2D eigenvalue weighted by molar-refractivity contribution is 0.0602. The van der Waals surface area contributed by atoms with Crippen LogP contribution >= 0.6 is 0 Å². The van der Waals surface area contributed by atoms with Crippen LogP contribution in [0.1, 0.15) is 32.1 Å². The molecule has 3 N–H and O–H groups in total. The van der Waals surface area contributed by atoms with E-state index < -0.39 is 5.97 Å². The Morgan fingerprint density at radius 1 is 0.852 bits per heavy atom. The molecular formula is C21H20N2O4. The van der Waals surface area contributed by atoms with Gasteiger partial charge in [0.25, 0.3) is 0 Å². The highest BCUT2D eigenvalue weighted by Crippen LogP contribution is 2.20. The van der Waals surface area contributed by atoms with E-state index in [4.69, 9.17) is 9.84 Å². The average molecular weight is 364 g/mol. The maximum atomic E-state index is 11.4. The molecule has 27 heavy (non-hydrogen) atoms. The van der Waals surface area contributed by atoms with Crippen molar-refractivity contribution in [1.82, 2.24) is 9.97 Å². The van der Waals surface area contributed by atoms with Gasteiger partial charge in [-0.2, -0.15) is 0 Å². The Morgan fingerprint density at radius 3 is 1.81 bits per heavy atom. The first-order valence-corrected chi connectivity index (χ1v) is 8.39. The SMILES string of the molecule is COC(=O)c1cccc2[nH]c(C)cc12.Cc1cc2c(C(=O)O)cccc2[nH]1. The quantitative estimate of drug-likeness (QED) is 0.458. The molecule has 6 nitrogen and oxygen atoms in total. The molecule has 0 aliphatic carbocycles. The van der Waals surface area contributed by atoms with Gasteiger partial charge in [0, 0.05) is 33.2 Å². The second kappa shape index (κ2) is 7.37. The predicted molar refractivity (Wildman–Crippen MR) is 104 cm³/mol. The van der Waals surface area contributed by atoms with Crippen LogP contribution in [-0.4, -0.2) is 34.1 Å². The Hall–Kier alpha value is -3.54. The average Bonchev–Trinajstić information content (AvgIpc) is 3.21. The van der Waals surface area contributed by atoms with Crippen molar-refractivity contribution >= 4 is 33.7 Å². The van der Waals surface area contributed by atoms with E-state index in [9.17, 15) is 9.59 Å². The summed E-state index contributed by atoms with van der Waals surface area (Å²) in [6.07, 6.45) is 0. The number of aromatic nitrogens is 2. The van der Waals surface area contributed by atoms with Crippen LogP contribution in [0.4, 0.5) is 0 Å². The van der Waals surface area contributed by atoms with Gasteiger partial charge in [-0.05, 0) is 50.2 Å². The number of aromatic carboxylic acids is 1. The summed E-state index contributed by atoms with van der Waals surface area (Å²) < 4.78 is 4.70. The van der Waals surface area contributed by atoms with Gasteiger partial charge in [-0.25, -0.2) is 9.59 Å². The van der Waals surface area contributed by atoms with Crippen LogP contribution in [-0.2, 0) is 4.74 Å². The minimum absolute atomic E-state index is 0.297. The maximum absolute atomic E-state index is 11.4. The normalized spacial score (nSPS) is 10.5. The molecule has 2 aromatic heterocycles. The number of hydrogen-bond donors (Lipinski definition) is 3. The number of carbonyl (C=O) groups is 2. The van der Waals surface area contributed by atoms with E-state index in [1.54, 1.807) is 18.2 Å². The van der Waals surface area contributed by atoms with Gasteiger partial charge in [-0.1, -0.05) is 12.1 Å². The molecule has 0 spiro atoms. The third-order valence-corrected chi connectivity index (χ3v) is 4.23. The number of aryl methyl sites for hydroxylation is 2. The van der Waals surface area contributed by atoms with E-state index in [1.807, 2.05) is 44.2 Å². The summed E-state index contributed by atoms with van der Waals surface area (Å²) in [6.45, 7) is 3.87. The summed E-state index contributed by atoms with van der Waals surface area (Å²) in [5, 5.41) is 10.6. The Morgan fingerprint density at radius 2 is 1.33 bits per heavy atom. The highest BCUT2D eigenvalue weighted by molar-refractivity contribution is 6.04. The fourth-order valence-corrected chi connectivity index (χ4v) is 3.06. The number of carbonyl (C=O) groups excluding carboxylic acids is 1. The van der Waals surface area contributed by atoms with Crippen LogP contribution in [0.25, 0.3) is 21.8 Å². The maximum Gasteiger partial charge on any atom is 0.338 e. The van der Waals surface area contributed by atoms with Gasteiger partial charge in [0.2, 0.25) is 0 Å². The summed E-state index contributed by atoms with van der Waals surface area (Å²) in [4.78, 5) is 28.5. The Kier molecular flexibility index (Phi) is 4.98. The van der Waals surface area contributed by atoms with Gasteiger partial charge < -0.3 is 19.8 Å². The van der Waals surface area contributed by atoms with Crippen LogP contribution in [0.5, 0.6) is 0 Å². The van der Waals surface area contributed by atoms with Crippen molar-refractivity contribution in [2.75, 3.05) is 7.11 Å². The molecule has 0 unspecified atom stereocenters. The largest absolute Gasteiger partial charge is 0.478 e. The second-order valence-electron chi connectivity index (χ2n) is 6.24. The highest BCUT2D eigenvalue weighted by atomic mass is 16.5. The smallest absolute Gasteiger partial charge is 0.338 e. The molecule has 6 heteroatoms. The molecule has 0 bridgehead atoms. The Balaban J connectivity index is 0.000000156. The lowest BCUT2D eigenvalue weighted by Crippen LogP contribution is -2.00. The number of H-pyrrole nitrogens is 2. The van der Waals surface area contributed by atoms with Crippen molar-refractivity contribution in [2.45, 2.75) is 13.8 Å². The molecule has 0 atom stereocenters. The van der Waals surface area contributed by atoms with Crippen LogP contribution in [0, 0.1) is 13.8 Å². The number of aromatic amines is 2. The standard InChI is InChI=1S/C11H11NO2.C10H9NO2/c1-7-6-9-8(11(13)14-2)4-3-5-10(9)12-7;1-6-5-8-7(10(12)13)3-2-4-9(8)11-6/h3-6,12H,1-2H3;2-5,11H,1H3,(H,12,13). The molecule has 0 fully saturated rings. The first-order chi connectivity index (χ1) is 12.9. The molecule has 0 saturated carbocycles. The first-order valence-electron chi connectivity index (χ1n) is 8.39. The third-order valence-electron chi connectivity index (χ3n) is 4.23. The van der Waals surface area contributed by atoms with E-state index >= 15 is 0 Å². The van der Waals surface area contributed by atoms with Gasteiger partial charge in [-0.15, -0.1) is 0 Å². The van der Waals surface area contributed by atoms with Gasteiger partial charge in [0.15, 0.2) is 0 Å². The lowest BCUT2D eigenvalue weighted by atomic mass is 10.1. The number of fused-ring (bicyclic) bond motifs is 2. The van der Waals surface area contributed by atoms with Crippen molar-refractivity contribution < 1.29 is 19.4 Å². The third kappa shape index (κ3) is 3.69. The van der Waals surface area contributed by atoms with Crippen LogP contribution in [0.3, 0.4) is 0 Å². The molecule has 0 radical (unpaired) electrons. The fraction of sp³-hybridized carbons (Fsp3) is 0.143. The van der Waals surface area contributed by atoms with Crippen LogP contribution in [0.2, 0.25) is 0 Å². The van der Waals surface area contributed by atoms with E-state index in [2.05, 4.69) is 9.97 Å². The number of carboxylic acid groups (broad SMARTS) is 1. The zero-order valence-electron chi connectivity index (χ0n) is 15.3. The van der Waals surface area contributed by atoms with E-state index in [-0.39, 0.29) is 5.97 Å². The topological polar surface area (TPSA) is 95.2 Å². The molecule has 0 amide bonds. The number of carboxylic acids is 1. The van der Waals surface area contributed by atoms with Crippen molar-refractivity contribution in [1.29, 1.82) is 0 Å². The van der Waals surface area contributed by atoms with E-state index in [1.165, 1.54) is 7.11 Å². The number of nitrogens with one attached hydrogen (secondary N) is 2. The minimum atomic E-state index is -0.885. The fourth-order valence-electron chi connectivity index (χ4n) is 3.06. The molecule has 4 aromatic rings. The molecule has 2 heterocycles. The number of ether oxygens (including phenoxy) is 1. The second-order valence-corrected chi connectivity index (χ2v) is 6.24. The van der Waals surface area contributed by atoms with Gasteiger partial charge in [-0.3, -0.25) is 0 Å².